The second-order valence-corrected chi connectivity index (χ2v) is 8.60. The van der Waals surface area contributed by atoms with Crippen LogP contribution in [0.3, 0.4) is 0 Å². The Morgan fingerprint density at radius 3 is 2.68 bits per heavy atom. The minimum absolute atomic E-state index is 0.0703. The highest BCUT2D eigenvalue weighted by molar-refractivity contribution is 7.14. The summed E-state index contributed by atoms with van der Waals surface area (Å²) in [7, 11) is 3.34. The van der Waals surface area contributed by atoms with Crippen LogP contribution in [0.15, 0.2) is 47.8 Å². The Kier molecular flexibility index (Phi) is 5.41. The molecule has 1 aromatic heterocycles. The van der Waals surface area contributed by atoms with E-state index in [1.165, 1.54) is 11.3 Å². The number of carbonyl (C=O) groups is 2. The average Bonchev–Trinajstić information content (AvgIpc) is 3.30. The summed E-state index contributed by atoms with van der Waals surface area (Å²) in [6, 6.07) is 13.0. The molecular formula is C23H23N3O4S. The van der Waals surface area contributed by atoms with Crippen LogP contribution in [0.2, 0.25) is 0 Å². The molecule has 2 heterocycles. The van der Waals surface area contributed by atoms with Crippen molar-refractivity contribution in [3.8, 4) is 22.8 Å². The first-order valence-electron chi connectivity index (χ1n) is 9.75. The van der Waals surface area contributed by atoms with Crippen LogP contribution in [0.1, 0.15) is 19.4 Å². The number of hydrogen-bond donors (Lipinski definition) is 1. The predicted octanol–water partition coefficient (Wildman–Crippen LogP) is 4.09. The van der Waals surface area contributed by atoms with Gasteiger partial charge in [-0.2, -0.15) is 0 Å². The van der Waals surface area contributed by atoms with E-state index >= 15 is 0 Å². The molecule has 0 bridgehead atoms. The number of thiazole rings is 1. The van der Waals surface area contributed by atoms with Gasteiger partial charge in [0.05, 0.1) is 18.2 Å². The van der Waals surface area contributed by atoms with Crippen LogP contribution in [0.25, 0.3) is 11.3 Å². The van der Waals surface area contributed by atoms with Gasteiger partial charge in [0.15, 0.2) is 23.2 Å². The highest BCUT2D eigenvalue weighted by Crippen LogP contribution is 2.42. The Bertz CT molecular complexity index is 1160. The number of carbonyl (C=O) groups excluding carboxylic acids is 2. The quantitative estimate of drug-likeness (QED) is 0.628. The summed E-state index contributed by atoms with van der Waals surface area (Å²) < 4.78 is 10.8. The number of nitrogens with zero attached hydrogens (tertiary/aromatic N) is 2. The molecule has 1 aliphatic rings. The first-order valence-corrected chi connectivity index (χ1v) is 10.6. The number of methoxy groups -OCH3 is 1. The molecular weight excluding hydrogens is 414 g/mol. The van der Waals surface area contributed by atoms with E-state index in [1.807, 2.05) is 49.6 Å². The number of fused-ring (bicyclic) bond motifs is 1. The number of rotatable bonds is 6. The van der Waals surface area contributed by atoms with Crippen molar-refractivity contribution in [1.82, 2.24) is 4.98 Å². The lowest BCUT2D eigenvalue weighted by atomic mass is 9.85. The molecule has 0 aliphatic carbocycles. The number of nitrogens with one attached hydrogen (secondary N) is 1. The van der Waals surface area contributed by atoms with E-state index in [0.717, 1.165) is 22.5 Å². The monoisotopic (exact) mass is 437 g/mol. The van der Waals surface area contributed by atoms with Crippen LogP contribution in [0, 0.1) is 0 Å². The molecule has 0 fully saturated rings. The Labute approximate surface area is 184 Å². The SMILES string of the molecule is COc1ccccc1OCC(=O)Nc1nc(-c2ccc3c(c2)C(C)(C)C(=O)N3C)cs1. The maximum Gasteiger partial charge on any atom is 0.264 e. The Hall–Kier alpha value is -3.39. The van der Waals surface area contributed by atoms with Gasteiger partial charge >= 0.3 is 0 Å². The van der Waals surface area contributed by atoms with Gasteiger partial charge in [-0.25, -0.2) is 4.98 Å². The van der Waals surface area contributed by atoms with Gasteiger partial charge in [-0.15, -0.1) is 11.3 Å². The maximum atomic E-state index is 12.5. The molecule has 2 amide bonds. The number of benzene rings is 2. The van der Waals surface area contributed by atoms with Crippen molar-refractivity contribution in [3.05, 3.63) is 53.4 Å². The smallest absolute Gasteiger partial charge is 0.264 e. The first kappa shape index (κ1) is 20.9. The van der Waals surface area contributed by atoms with Crippen molar-refractivity contribution >= 4 is 34.0 Å². The fourth-order valence-electron chi connectivity index (χ4n) is 3.63. The zero-order valence-electron chi connectivity index (χ0n) is 17.8. The maximum absolute atomic E-state index is 12.5. The molecule has 0 radical (unpaired) electrons. The second-order valence-electron chi connectivity index (χ2n) is 7.75. The first-order chi connectivity index (χ1) is 14.8. The predicted molar refractivity (Wildman–Crippen MR) is 121 cm³/mol. The Morgan fingerprint density at radius 1 is 1.19 bits per heavy atom. The highest BCUT2D eigenvalue weighted by atomic mass is 32.1. The van der Waals surface area contributed by atoms with E-state index in [1.54, 1.807) is 31.2 Å². The number of hydrogen-bond acceptors (Lipinski definition) is 6. The molecule has 1 aliphatic heterocycles. The van der Waals surface area contributed by atoms with Gasteiger partial charge in [0.1, 0.15) is 0 Å². The molecule has 3 aromatic rings. The minimum Gasteiger partial charge on any atom is -0.493 e. The van der Waals surface area contributed by atoms with Crippen LogP contribution in [0.4, 0.5) is 10.8 Å². The number of likely N-dealkylation sites (N-methyl/N-ethyl adjacent to an activating group) is 1. The fourth-order valence-corrected chi connectivity index (χ4v) is 4.37. The zero-order chi connectivity index (χ0) is 22.2. The Morgan fingerprint density at radius 2 is 1.94 bits per heavy atom. The summed E-state index contributed by atoms with van der Waals surface area (Å²) in [4.78, 5) is 31.0. The lowest BCUT2D eigenvalue weighted by Crippen LogP contribution is -2.33. The van der Waals surface area contributed by atoms with Gasteiger partial charge in [-0.05, 0) is 43.7 Å². The Balaban J connectivity index is 1.45. The molecule has 7 nitrogen and oxygen atoms in total. The number of para-hydroxylation sites is 2. The molecule has 8 heteroatoms. The van der Waals surface area contributed by atoms with E-state index in [4.69, 9.17) is 9.47 Å². The number of aromatic nitrogens is 1. The fraction of sp³-hybridized carbons (Fsp3) is 0.261. The zero-order valence-corrected chi connectivity index (χ0v) is 18.6. The average molecular weight is 438 g/mol. The van der Waals surface area contributed by atoms with E-state index in [9.17, 15) is 9.59 Å². The van der Waals surface area contributed by atoms with Crippen molar-refractivity contribution < 1.29 is 19.1 Å². The summed E-state index contributed by atoms with van der Waals surface area (Å²) in [5, 5.41) is 5.13. The van der Waals surface area contributed by atoms with Gasteiger partial charge in [-0.1, -0.05) is 18.2 Å². The van der Waals surface area contributed by atoms with E-state index in [-0.39, 0.29) is 18.4 Å². The topological polar surface area (TPSA) is 80.8 Å². The van der Waals surface area contributed by atoms with Crippen molar-refractivity contribution in [1.29, 1.82) is 0 Å². The van der Waals surface area contributed by atoms with Crippen molar-refractivity contribution in [2.45, 2.75) is 19.3 Å². The number of anilines is 2. The number of ether oxygens (including phenoxy) is 2. The molecule has 4 rings (SSSR count). The van der Waals surface area contributed by atoms with Crippen molar-refractivity contribution in [2.75, 3.05) is 31.0 Å². The summed E-state index contributed by atoms with van der Waals surface area (Å²) in [5.41, 5.74) is 2.95. The van der Waals surface area contributed by atoms with Crippen molar-refractivity contribution in [3.63, 3.8) is 0 Å². The highest BCUT2D eigenvalue weighted by Gasteiger charge is 2.42. The van der Waals surface area contributed by atoms with Crippen molar-refractivity contribution in [2.24, 2.45) is 0 Å². The minimum atomic E-state index is -0.580. The van der Waals surface area contributed by atoms with Crippen LogP contribution in [-0.2, 0) is 15.0 Å². The molecule has 1 N–H and O–H groups in total. The number of amides is 2. The third-order valence-corrected chi connectivity index (χ3v) is 6.10. The summed E-state index contributed by atoms with van der Waals surface area (Å²) in [6.45, 7) is 3.70. The summed E-state index contributed by atoms with van der Waals surface area (Å²) in [6.07, 6.45) is 0. The summed E-state index contributed by atoms with van der Waals surface area (Å²) in [5.74, 6) is 0.825. The molecule has 0 unspecified atom stereocenters. The molecule has 0 saturated carbocycles. The largest absolute Gasteiger partial charge is 0.493 e. The molecule has 160 valence electrons. The van der Waals surface area contributed by atoms with E-state index in [2.05, 4.69) is 10.3 Å². The van der Waals surface area contributed by atoms with Gasteiger partial charge in [0.25, 0.3) is 5.91 Å². The lowest BCUT2D eigenvalue weighted by molar-refractivity contribution is -0.121. The normalized spacial score (nSPS) is 14.3. The molecule has 0 spiro atoms. The lowest BCUT2D eigenvalue weighted by Gasteiger charge is -2.16. The molecule has 2 aromatic carbocycles. The third kappa shape index (κ3) is 3.86. The van der Waals surface area contributed by atoms with Crippen LogP contribution in [-0.4, -0.2) is 37.6 Å². The van der Waals surface area contributed by atoms with Gasteiger partial charge in [0.2, 0.25) is 5.91 Å². The standard InChI is InChI=1S/C23H23N3O4S/c1-23(2)15-11-14(9-10-17(15)26(3)21(23)28)16-13-31-22(24-16)25-20(27)12-30-19-8-6-5-7-18(19)29-4/h5-11,13H,12H2,1-4H3,(H,24,25,27). The molecule has 0 saturated heterocycles. The van der Waals surface area contributed by atoms with E-state index < -0.39 is 5.41 Å². The second kappa shape index (κ2) is 8.03. The van der Waals surface area contributed by atoms with Crippen LogP contribution < -0.4 is 19.7 Å². The third-order valence-electron chi connectivity index (χ3n) is 5.34. The van der Waals surface area contributed by atoms with Gasteiger partial charge in [0, 0.05) is 23.7 Å². The van der Waals surface area contributed by atoms with Crippen LogP contribution >= 0.6 is 11.3 Å². The van der Waals surface area contributed by atoms with Gasteiger partial charge in [-0.3, -0.25) is 14.9 Å². The summed E-state index contributed by atoms with van der Waals surface area (Å²) >= 11 is 1.34. The molecule has 0 atom stereocenters. The molecule has 31 heavy (non-hydrogen) atoms. The van der Waals surface area contributed by atoms with Crippen LogP contribution in [0.5, 0.6) is 11.5 Å². The van der Waals surface area contributed by atoms with Gasteiger partial charge < -0.3 is 14.4 Å². The van der Waals surface area contributed by atoms with E-state index in [0.29, 0.717) is 16.6 Å².